The minimum atomic E-state index is 0.166. The molecule has 0 radical (unpaired) electrons. The number of likely N-dealkylation sites (N-methyl/N-ethyl adjacent to an activating group) is 1. The molecule has 1 atom stereocenters. The summed E-state index contributed by atoms with van der Waals surface area (Å²) >= 11 is 0. The van der Waals surface area contributed by atoms with E-state index in [1.165, 1.54) is 19.4 Å². The van der Waals surface area contributed by atoms with Gasteiger partial charge in [-0.05, 0) is 64.0 Å². The summed E-state index contributed by atoms with van der Waals surface area (Å²) in [6.45, 7) is 8.39. The average molecular weight is 380 g/mol. The Morgan fingerprint density at radius 2 is 1.78 bits per heavy atom. The molecule has 0 aromatic carbocycles. The fourth-order valence-electron chi connectivity index (χ4n) is 4.84. The van der Waals surface area contributed by atoms with Crippen molar-refractivity contribution in [3.8, 4) is 0 Å². The standard InChI is InChI=1S/C21H37N3O3/c1-2-23-11-3-4-19(23)16-22-20(25)6-5-17-7-12-24(13-8-17)21(26)18-9-14-27-15-10-18/h17-19H,2-16H2,1H3,(H,22,25). The molecule has 3 fully saturated rings. The van der Waals surface area contributed by atoms with Gasteiger partial charge in [0.25, 0.3) is 0 Å². The zero-order chi connectivity index (χ0) is 19.1. The summed E-state index contributed by atoms with van der Waals surface area (Å²) in [6.07, 6.45) is 7.84. The Hall–Kier alpha value is -1.14. The van der Waals surface area contributed by atoms with Gasteiger partial charge in [-0.3, -0.25) is 14.5 Å². The zero-order valence-electron chi connectivity index (χ0n) is 17.0. The molecule has 0 aromatic rings. The van der Waals surface area contributed by atoms with Crippen LogP contribution in [-0.4, -0.2) is 73.6 Å². The Kier molecular flexibility index (Phi) is 7.94. The first-order valence-electron chi connectivity index (χ1n) is 11.0. The second-order valence-electron chi connectivity index (χ2n) is 8.42. The van der Waals surface area contributed by atoms with Crippen molar-refractivity contribution in [2.75, 3.05) is 45.9 Å². The van der Waals surface area contributed by atoms with Crippen molar-refractivity contribution in [1.29, 1.82) is 0 Å². The van der Waals surface area contributed by atoms with Crippen molar-refractivity contribution >= 4 is 11.8 Å². The number of hydrogen-bond acceptors (Lipinski definition) is 4. The van der Waals surface area contributed by atoms with E-state index in [0.717, 1.165) is 71.5 Å². The number of carbonyl (C=O) groups excluding carboxylic acids is 2. The highest BCUT2D eigenvalue weighted by molar-refractivity contribution is 5.79. The lowest BCUT2D eigenvalue weighted by Crippen LogP contribution is -2.43. The fourth-order valence-corrected chi connectivity index (χ4v) is 4.84. The topological polar surface area (TPSA) is 61.9 Å². The second kappa shape index (κ2) is 10.4. The van der Waals surface area contributed by atoms with Gasteiger partial charge < -0.3 is 15.0 Å². The third kappa shape index (κ3) is 5.92. The van der Waals surface area contributed by atoms with Gasteiger partial charge in [0.2, 0.25) is 11.8 Å². The molecule has 0 bridgehead atoms. The van der Waals surface area contributed by atoms with E-state index in [4.69, 9.17) is 4.74 Å². The van der Waals surface area contributed by atoms with E-state index in [1.807, 2.05) is 4.90 Å². The highest BCUT2D eigenvalue weighted by Gasteiger charge is 2.29. The lowest BCUT2D eigenvalue weighted by Gasteiger charge is -2.35. The number of nitrogens with one attached hydrogen (secondary N) is 1. The van der Waals surface area contributed by atoms with Crippen LogP contribution in [0.5, 0.6) is 0 Å². The Labute approximate surface area is 164 Å². The lowest BCUT2D eigenvalue weighted by atomic mass is 9.90. The van der Waals surface area contributed by atoms with Crippen LogP contribution in [-0.2, 0) is 14.3 Å². The first kappa shape index (κ1) is 20.6. The number of nitrogens with zero attached hydrogens (tertiary/aromatic N) is 2. The molecule has 0 aliphatic carbocycles. The summed E-state index contributed by atoms with van der Waals surface area (Å²) in [7, 11) is 0. The molecule has 1 N–H and O–H groups in total. The molecule has 27 heavy (non-hydrogen) atoms. The normalized spacial score (nSPS) is 25.7. The Balaban J connectivity index is 1.30. The SMILES string of the molecule is CCN1CCCC1CNC(=O)CCC1CCN(C(=O)C2CCOCC2)CC1. The summed E-state index contributed by atoms with van der Waals surface area (Å²) in [5.41, 5.74) is 0. The maximum absolute atomic E-state index is 12.6. The molecule has 3 rings (SSSR count). The summed E-state index contributed by atoms with van der Waals surface area (Å²) in [6, 6.07) is 0.526. The molecule has 3 heterocycles. The first-order valence-corrected chi connectivity index (χ1v) is 11.0. The van der Waals surface area contributed by atoms with E-state index in [2.05, 4.69) is 17.1 Å². The van der Waals surface area contributed by atoms with Crippen molar-refractivity contribution in [2.45, 2.75) is 64.3 Å². The Morgan fingerprint density at radius 1 is 1.04 bits per heavy atom. The van der Waals surface area contributed by atoms with Gasteiger partial charge in [-0.25, -0.2) is 0 Å². The van der Waals surface area contributed by atoms with E-state index < -0.39 is 0 Å². The highest BCUT2D eigenvalue weighted by atomic mass is 16.5. The number of likely N-dealkylation sites (tertiary alicyclic amines) is 2. The number of amides is 2. The van der Waals surface area contributed by atoms with Crippen molar-refractivity contribution < 1.29 is 14.3 Å². The summed E-state index contributed by atoms with van der Waals surface area (Å²) in [5, 5.41) is 3.14. The zero-order valence-corrected chi connectivity index (χ0v) is 17.0. The molecular formula is C21H37N3O3. The van der Waals surface area contributed by atoms with Crippen LogP contribution < -0.4 is 5.32 Å². The molecule has 154 valence electrons. The van der Waals surface area contributed by atoms with E-state index in [0.29, 0.717) is 24.3 Å². The van der Waals surface area contributed by atoms with Gasteiger partial charge in [0.1, 0.15) is 0 Å². The van der Waals surface area contributed by atoms with Gasteiger partial charge in [0.15, 0.2) is 0 Å². The Morgan fingerprint density at radius 3 is 2.48 bits per heavy atom. The third-order valence-corrected chi connectivity index (χ3v) is 6.72. The van der Waals surface area contributed by atoms with Crippen LogP contribution in [0.15, 0.2) is 0 Å². The van der Waals surface area contributed by atoms with Crippen LogP contribution in [0.1, 0.15) is 58.3 Å². The molecule has 0 spiro atoms. The molecule has 6 nitrogen and oxygen atoms in total. The first-order chi connectivity index (χ1) is 13.2. The van der Waals surface area contributed by atoms with Crippen LogP contribution in [0, 0.1) is 11.8 Å². The molecule has 3 aliphatic rings. The van der Waals surface area contributed by atoms with Gasteiger partial charge in [0, 0.05) is 51.2 Å². The van der Waals surface area contributed by atoms with Crippen molar-refractivity contribution in [2.24, 2.45) is 11.8 Å². The molecule has 1 unspecified atom stereocenters. The smallest absolute Gasteiger partial charge is 0.225 e. The largest absolute Gasteiger partial charge is 0.381 e. The molecule has 3 aliphatic heterocycles. The minimum Gasteiger partial charge on any atom is -0.381 e. The van der Waals surface area contributed by atoms with Crippen molar-refractivity contribution in [1.82, 2.24) is 15.1 Å². The molecular weight excluding hydrogens is 342 g/mol. The predicted octanol–water partition coefficient (Wildman–Crippen LogP) is 2.03. The number of carbonyl (C=O) groups is 2. The van der Waals surface area contributed by atoms with E-state index >= 15 is 0 Å². The van der Waals surface area contributed by atoms with Gasteiger partial charge in [-0.15, -0.1) is 0 Å². The molecule has 0 saturated carbocycles. The van der Waals surface area contributed by atoms with Gasteiger partial charge in [-0.2, -0.15) is 0 Å². The predicted molar refractivity (Wildman–Crippen MR) is 105 cm³/mol. The van der Waals surface area contributed by atoms with Crippen LogP contribution in [0.25, 0.3) is 0 Å². The van der Waals surface area contributed by atoms with Gasteiger partial charge >= 0.3 is 0 Å². The van der Waals surface area contributed by atoms with Crippen LogP contribution in [0.4, 0.5) is 0 Å². The summed E-state index contributed by atoms with van der Waals surface area (Å²) < 4.78 is 5.36. The fraction of sp³-hybridized carbons (Fsp3) is 0.905. The second-order valence-corrected chi connectivity index (χ2v) is 8.42. The number of piperidine rings is 1. The molecule has 6 heteroatoms. The quantitative estimate of drug-likeness (QED) is 0.735. The lowest BCUT2D eigenvalue weighted by molar-refractivity contribution is -0.140. The average Bonchev–Trinajstić information content (AvgIpc) is 3.19. The van der Waals surface area contributed by atoms with Crippen LogP contribution in [0.2, 0.25) is 0 Å². The monoisotopic (exact) mass is 379 g/mol. The van der Waals surface area contributed by atoms with Crippen molar-refractivity contribution in [3.63, 3.8) is 0 Å². The van der Waals surface area contributed by atoms with Crippen LogP contribution >= 0.6 is 0 Å². The summed E-state index contributed by atoms with van der Waals surface area (Å²) in [5.74, 6) is 1.26. The number of rotatable bonds is 7. The van der Waals surface area contributed by atoms with E-state index in [1.54, 1.807) is 0 Å². The molecule has 3 saturated heterocycles. The maximum Gasteiger partial charge on any atom is 0.225 e. The van der Waals surface area contributed by atoms with Gasteiger partial charge in [0.05, 0.1) is 0 Å². The maximum atomic E-state index is 12.6. The number of ether oxygens (including phenoxy) is 1. The van der Waals surface area contributed by atoms with Gasteiger partial charge in [-0.1, -0.05) is 6.92 Å². The highest BCUT2D eigenvalue weighted by Crippen LogP contribution is 2.25. The molecule has 2 amide bonds. The van der Waals surface area contributed by atoms with Crippen LogP contribution in [0.3, 0.4) is 0 Å². The molecule has 0 aromatic heterocycles. The Bertz CT molecular complexity index is 485. The number of hydrogen-bond donors (Lipinski definition) is 1. The van der Waals surface area contributed by atoms with Crippen molar-refractivity contribution in [3.05, 3.63) is 0 Å². The van der Waals surface area contributed by atoms with E-state index in [9.17, 15) is 9.59 Å². The van der Waals surface area contributed by atoms with E-state index in [-0.39, 0.29) is 11.8 Å². The summed E-state index contributed by atoms with van der Waals surface area (Å²) in [4.78, 5) is 29.3. The minimum absolute atomic E-state index is 0.166. The third-order valence-electron chi connectivity index (χ3n) is 6.72.